The van der Waals surface area contributed by atoms with Gasteiger partial charge in [-0.1, -0.05) is 54.6 Å². The van der Waals surface area contributed by atoms with E-state index in [2.05, 4.69) is 0 Å². The van der Waals surface area contributed by atoms with Crippen LogP contribution in [0.15, 0.2) is 84.4 Å². The van der Waals surface area contributed by atoms with Gasteiger partial charge in [0.2, 0.25) is 0 Å². The number of Topliss-reactive ketones (excluding diaryl/α,β-unsaturated/α-hetero) is 2. The molecule has 0 aliphatic heterocycles. The Bertz CT molecular complexity index is 1100. The van der Waals surface area contributed by atoms with Crippen LogP contribution in [0, 0.1) is 0 Å². The molecule has 0 bridgehead atoms. The van der Waals surface area contributed by atoms with Crippen molar-refractivity contribution in [2.75, 3.05) is 7.11 Å². The second kappa shape index (κ2) is 7.76. The topological polar surface area (TPSA) is 63.6 Å². The van der Waals surface area contributed by atoms with Crippen LogP contribution >= 0.6 is 0 Å². The lowest BCUT2D eigenvalue weighted by Gasteiger charge is -2.18. The maximum Gasteiger partial charge on any atom is 0.194 e. The van der Waals surface area contributed by atoms with Crippen LogP contribution in [0.2, 0.25) is 0 Å². The molecule has 4 rings (SSSR count). The lowest BCUT2D eigenvalue weighted by Crippen LogP contribution is -2.15. The number of fused-ring (bicyclic) bond motifs is 1. The van der Waals surface area contributed by atoms with Crippen LogP contribution in [0.5, 0.6) is 5.75 Å². The molecule has 4 heteroatoms. The van der Waals surface area contributed by atoms with Crippen LogP contribution < -0.4 is 4.74 Å². The quantitative estimate of drug-likeness (QED) is 0.592. The second-order valence-corrected chi connectivity index (χ2v) is 6.96. The van der Waals surface area contributed by atoms with Gasteiger partial charge in [0, 0.05) is 29.0 Å². The van der Waals surface area contributed by atoms with E-state index < -0.39 is 5.92 Å². The summed E-state index contributed by atoms with van der Waals surface area (Å²) in [5.41, 5.74) is 2.62. The fourth-order valence-corrected chi connectivity index (χ4v) is 3.76. The van der Waals surface area contributed by atoms with Gasteiger partial charge in [0.25, 0.3) is 0 Å². The SMILES string of the molecule is COc1ccc(C(=O)CC(C2=C(O)c3ccccc3C2=O)c2ccccc2)cc1. The van der Waals surface area contributed by atoms with Crippen LogP contribution in [-0.2, 0) is 0 Å². The zero-order valence-corrected chi connectivity index (χ0v) is 16.0. The van der Waals surface area contributed by atoms with Crippen LogP contribution in [0.1, 0.15) is 44.2 Å². The van der Waals surface area contributed by atoms with Crippen molar-refractivity contribution >= 4 is 17.3 Å². The third-order valence-corrected chi connectivity index (χ3v) is 5.28. The van der Waals surface area contributed by atoms with E-state index in [1.807, 2.05) is 30.3 Å². The lowest BCUT2D eigenvalue weighted by molar-refractivity contribution is 0.0972. The predicted molar refractivity (Wildman–Crippen MR) is 111 cm³/mol. The molecular weight excluding hydrogens is 364 g/mol. The monoisotopic (exact) mass is 384 g/mol. The van der Waals surface area contributed by atoms with E-state index >= 15 is 0 Å². The average molecular weight is 384 g/mol. The molecule has 3 aromatic carbocycles. The number of carbonyl (C=O) groups excluding carboxylic acids is 2. The molecule has 4 nitrogen and oxygen atoms in total. The molecule has 0 heterocycles. The molecular formula is C25H20O4. The van der Waals surface area contributed by atoms with E-state index in [4.69, 9.17) is 4.74 Å². The molecule has 0 saturated heterocycles. The maximum absolute atomic E-state index is 13.1. The number of hydrogen-bond acceptors (Lipinski definition) is 4. The number of ketones is 2. The van der Waals surface area contributed by atoms with Crippen LogP contribution in [0.25, 0.3) is 5.76 Å². The number of aliphatic hydroxyl groups excluding tert-OH is 1. The van der Waals surface area contributed by atoms with Gasteiger partial charge in [-0.2, -0.15) is 0 Å². The molecule has 29 heavy (non-hydrogen) atoms. The highest BCUT2D eigenvalue weighted by Gasteiger charge is 2.36. The first-order valence-electron chi connectivity index (χ1n) is 9.39. The Morgan fingerprint density at radius 3 is 2.14 bits per heavy atom. The van der Waals surface area contributed by atoms with Crippen molar-refractivity contribution < 1.29 is 19.4 Å². The summed E-state index contributed by atoms with van der Waals surface area (Å²) < 4.78 is 5.15. The van der Waals surface area contributed by atoms with E-state index in [1.165, 1.54) is 0 Å². The number of benzene rings is 3. The molecule has 0 spiro atoms. The van der Waals surface area contributed by atoms with Crippen molar-refractivity contribution in [3.05, 3.63) is 107 Å². The molecule has 0 aromatic heterocycles. The molecule has 1 unspecified atom stereocenters. The van der Waals surface area contributed by atoms with Gasteiger partial charge >= 0.3 is 0 Å². The van der Waals surface area contributed by atoms with E-state index in [9.17, 15) is 14.7 Å². The minimum Gasteiger partial charge on any atom is -0.507 e. The van der Waals surface area contributed by atoms with Gasteiger partial charge in [-0.15, -0.1) is 0 Å². The molecule has 0 fully saturated rings. The number of aliphatic hydroxyl groups is 1. The maximum atomic E-state index is 13.1. The van der Waals surface area contributed by atoms with Crippen molar-refractivity contribution in [3.8, 4) is 5.75 Å². The van der Waals surface area contributed by atoms with Crippen molar-refractivity contribution in [3.63, 3.8) is 0 Å². The van der Waals surface area contributed by atoms with Crippen LogP contribution in [0.4, 0.5) is 0 Å². The zero-order valence-electron chi connectivity index (χ0n) is 16.0. The zero-order chi connectivity index (χ0) is 20.4. The third kappa shape index (κ3) is 3.45. The number of hydrogen-bond donors (Lipinski definition) is 1. The first-order chi connectivity index (χ1) is 14.1. The number of carbonyl (C=O) groups is 2. The van der Waals surface area contributed by atoms with E-state index in [0.717, 1.165) is 5.56 Å². The summed E-state index contributed by atoms with van der Waals surface area (Å²) in [4.78, 5) is 26.1. The highest BCUT2D eigenvalue weighted by atomic mass is 16.5. The van der Waals surface area contributed by atoms with E-state index in [-0.39, 0.29) is 29.3 Å². The van der Waals surface area contributed by atoms with Gasteiger partial charge < -0.3 is 9.84 Å². The number of methoxy groups -OCH3 is 1. The third-order valence-electron chi connectivity index (χ3n) is 5.28. The molecule has 1 aliphatic carbocycles. The van der Waals surface area contributed by atoms with Gasteiger partial charge in [0.1, 0.15) is 11.5 Å². The summed E-state index contributed by atoms with van der Waals surface area (Å²) in [7, 11) is 1.57. The Balaban J connectivity index is 1.73. The van der Waals surface area contributed by atoms with Gasteiger partial charge in [0.15, 0.2) is 11.6 Å². The summed E-state index contributed by atoms with van der Waals surface area (Å²) in [6.07, 6.45) is 0.0788. The van der Waals surface area contributed by atoms with Crippen molar-refractivity contribution in [2.45, 2.75) is 12.3 Å². The molecule has 1 aliphatic rings. The fraction of sp³-hybridized carbons (Fsp3) is 0.120. The Morgan fingerprint density at radius 2 is 1.52 bits per heavy atom. The standard InChI is InChI=1S/C25H20O4/c1-29-18-13-11-17(12-14-18)22(26)15-21(16-7-3-2-4-8-16)23-24(27)19-9-5-6-10-20(19)25(23)28/h2-14,21,27H,15H2,1H3. The summed E-state index contributed by atoms with van der Waals surface area (Å²) in [5, 5.41) is 10.8. The molecule has 0 radical (unpaired) electrons. The highest BCUT2D eigenvalue weighted by molar-refractivity contribution is 6.20. The normalized spacial score (nSPS) is 13.9. The van der Waals surface area contributed by atoms with E-state index in [0.29, 0.717) is 22.4 Å². The molecule has 1 N–H and O–H groups in total. The Kier molecular flexibility index (Phi) is 5.00. The largest absolute Gasteiger partial charge is 0.507 e. The average Bonchev–Trinajstić information content (AvgIpc) is 3.03. The number of rotatable bonds is 6. The van der Waals surface area contributed by atoms with Gasteiger partial charge in [0.05, 0.1) is 12.7 Å². The Morgan fingerprint density at radius 1 is 0.897 bits per heavy atom. The smallest absolute Gasteiger partial charge is 0.194 e. The van der Waals surface area contributed by atoms with Crippen molar-refractivity contribution in [2.24, 2.45) is 0 Å². The number of allylic oxidation sites excluding steroid dienone is 1. The Hall–Kier alpha value is -3.66. The molecule has 144 valence electrons. The minimum atomic E-state index is -0.536. The summed E-state index contributed by atoms with van der Waals surface area (Å²) in [6, 6.07) is 23.2. The summed E-state index contributed by atoms with van der Waals surface area (Å²) in [6.45, 7) is 0. The van der Waals surface area contributed by atoms with Gasteiger partial charge in [-0.25, -0.2) is 0 Å². The summed E-state index contributed by atoms with van der Waals surface area (Å²) in [5.74, 6) is -0.240. The molecule has 0 amide bonds. The first-order valence-corrected chi connectivity index (χ1v) is 9.39. The minimum absolute atomic E-state index is 0.0398. The molecule has 0 saturated carbocycles. The second-order valence-electron chi connectivity index (χ2n) is 6.96. The van der Waals surface area contributed by atoms with Gasteiger partial charge in [-0.3, -0.25) is 9.59 Å². The number of ether oxygens (including phenoxy) is 1. The lowest BCUT2D eigenvalue weighted by atomic mass is 9.84. The first kappa shape index (κ1) is 18.7. The molecule has 1 atom stereocenters. The highest BCUT2D eigenvalue weighted by Crippen LogP contribution is 2.41. The van der Waals surface area contributed by atoms with Crippen LogP contribution in [0.3, 0.4) is 0 Å². The molecule has 3 aromatic rings. The predicted octanol–water partition coefficient (Wildman–Crippen LogP) is 5.22. The fourth-order valence-electron chi connectivity index (χ4n) is 3.76. The van der Waals surface area contributed by atoms with Crippen LogP contribution in [-0.4, -0.2) is 23.8 Å². The Labute approximate surface area is 169 Å². The van der Waals surface area contributed by atoms with Crippen molar-refractivity contribution in [1.29, 1.82) is 0 Å². The van der Waals surface area contributed by atoms with Crippen molar-refractivity contribution in [1.82, 2.24) is 0 Å². The van der Waals surface area contributed by atoms with E-state index in [1.54, 1.807) is 55.6 Å². The summed E-state index contributed by atoms with van der Waals surface area (Å²) >= 11 is 0. The van der Waals surface area contributed by atoms with Gasteiger partial charge in [-0.05, 0) is 29.8 Å².